The third-order valence-corrected chi connectivity index (χ3v) is 3.18. The molecule has 98 valence electrons. The van der Waals surface area contributed by atoms with Crippen LogP contribution in [0.5, 0.6) is 0 Å². The Morgan fingerprint density at radius 3 is 2.42 bits per heavy atom. The lowest BCUT2D eigenvalue weighted by Crippen LogP contribution is -2.26. The Morgan fingerprint density at radius 1 is 1.11 bits per heavy atom. The molecule has 0 heterocycles. The molecule has 19 heavy (non-hydrogen) atoms. The number of hydrogen-bond donors (Lipinski definition) is 1. The summed E-state index contributed by atoms with van der Waals surface area (Å²) in [6, 6.07) is 15.3. The van der Waals surface area contributed by atoms with E-state index in [2.05, 4.69) is 5.32 Å². The summed E-state index contributed by atoms with van der Waals surface area (Å²) in [6.07, 6.45) is 0. The van der Waals surface area contributed by atoms with Gasteiger partial charge in [0, 0.05) is 12.1 Å². The Balaban J connectivity index is 1.97. The number of hydrogen-bond acceptors (Lipinski definition) is 1. The molecule has 0 fully saturated rings. The predicted molar refractivity (Wildman–Crippen MR) is 73.3 cm³/mol. The molecular weight excluding hydrogens is 265 g/mol. The molecule has 4 heteroatoms. The van der Waals surface area contributed by atoms with Crippen molar-refractivity contribution in [3.05, 3.63) is 71.5 Å². The summed E-state index contributed by atoms with van der Waals surface area (Å²) in [7, 11) is 0. The van der Waals surface area contributed by atoms with Crippen LogP contribution in [0.25, 0.3) is 0 Å². The van der Waals surface area contributed by atoms with Gasteiger partial charge in [0.1, 0.15) is 11.2 Å². The standard InChI is InChI=1S/C15H13ClFNO/c16-14(11-6-2-1-3-7-11)15(19)18-10-12-8-4-5-9-13(12)17/h1-9,14H,10H2,(H,18,19). The zero-order valence-corrected chi connectivity index (χ0v) is 10.9. The van der Waals surface area contributed by atoms with Crippen LogP contribution in [-0.2, 0) is 11.3 Å². The van der Waals surface area contributed by atoms with E-state index in [-0.39, 0.29) is 18.3 Å². The van der Waals surface area contributed by atoms with Gasteiger partial charge in [-0.1, -0.05) is 48.5 Å². The van der Waals surface area contributed by atoms with E-state index in [0.717, 1.165) is 5.56 Å². The fourth-order valence-electron chi connectivity index (χ4n) is 1.69. The number of amides is 1. The lowest BCUT2D eigenvalue weighted by atomic mass is 10.1. The molecule has 1 atom stereocenters. The summed E-state index contributed by atoms with van der Waals surface area (Å²) < 4.78 is 13.4. The molecular formula is C15H13ClFNO. The van der Waals surface area contributed by atoms with Crippen LogP contribution in [0, 0.1) is 5.82 Å². The maximum atomic E-state index is 13.4. The molecule has 0 saturated carbocycles. The highest BCUT2D eigenvalue weighted by molar-refractivity contribution is 6.30. The van der Waals surface area contributed by atoms with Gasteiger partial charge in [-0.15, -0.1) is 11.6 Å². The van der Waals surface area contributed by atoms with Gasteiger partial charge in [-0.2, -0.15) is 0 Å². The second-order valence-corrected chi connectivity index (χ2v) is 4.52. The van der Waals surface area contributed by atoms with Gasteiger partial charge >= 0.3 is 0 Å². The fraction of sp³-hybridized carbons (Fsp3) is 0.133. The number of benzene rings is 2. The van der Waals surface area contributed by atoms with E-state index in [4.69, 9.17) is 11.6 Å². The molecule has 2 rings (SSSR count). The summed E-state index contributed by atoms with van der Waals surface area (Å²) >= 11 is 6.06. The van der Waals surface area contributed by atoms with Gasteiger partial charge in [0.2, 0.25) is 5.91 Å². The highest BCUT2D eigenvalue weighted by atomic mass is 35.5. The summed E-state index contributed by atoms with van der Waals surface area (Å²) in [5, 5.41) is 1.86. The molecule has 0 spiro atoms. The average Bonchev–Trinajstić information content (AvgIpc) is 2.46. The van der Waals surface area contributed by atoms with E-state index >= 15 is 0 Å². The number of halogens is 2. The number of carbonyl (C=O) groups excluding carboxylic acids is 1. The molecule has 0 aliphatic rings. The smallest absolute Gasteiger partial charge is 0.242 e. The molecule has 2 aromatic carbocycles. The van der Waals surface area contributed by atoms with Crippen molar-refractivity contribution in [3.63, 3.8) is 0 Å². The fourth-order valence-corrected chi connectivity index (χ4v) is 1.91. The van der Waals surface area contributed by atoms with E-state index in [0.29, 0.717) is 5.56 Å². The average molecular weight is 278 g/mol. The second-order valence-electron chi connectivity index (χ2n) is 4.08. The molecule has 0 saturated heterocycles. The van der Waals surface area contributed by atoms with Crippen molar-refractivity contribution in [1.29, 1.82) is 0 Å². The first-order chi connectivity index (χ1) is 9.18. The number of alkyl halides is 1. The van der Waals surface area contributed by atoms with Gasteiger partial charge in [0.25, 0.3) is 0 Å². The van der Waals surface area contributed by atoms with E-state index in [1.165, 1.54) is 6.07 Å². The van der Waals surface area contributed by atoms with Crippen molar-refractivity contribution in [2.75, 3.05) is 0 Å². The Kier molecular flexibility index (Phi) is 4.53. The Labute approximate surface area is 116 Å². The van der Waals surface area contributed by atoms with Crippen molar-refractivity contribution in [2.24, 2.45) is 0 Å². The van der Waals surface area contributed by atoms with Crippen molar-refractivity contribution in [1.82, 2.24) is 5.32 Å². The van der Waals surface area contributed by atoms with Gasteiger partial charge in [0.15, 0.2) is 0 Å². The van der Waals surface area contributed by atoms with Crippen LogP contribution in [0.4, 0.5) is 4.39 Å². The molecule has 2 nitrogen and oxygen atoms in total. The summed E-state index contributed by atoms with van der Waals surface area (Å²) in [6.45, 7) is 0.127. The molecule has 0 radical (unpaired) electrons. The van der Waals surface area contributed by atoms with Crippen LogP contribution in [0.1, 0.15) is 16.5 Å². The number of rotatable bonds is 4. The monoisotopic (exact) mass is 277 g/mol. The maximum absolute atomic E-state index is 13.4. The van der Waals surface area contributed by atoms with Gasteiger partial charge in [-0.3, -0.25) is 4.79 Å². The van der Waals surface area contributed by atoms with E-state index in [9.17, 15) is 9.18 Å². The molecule has 2 aromatic rings. The zero-order valence-electron chi connectivity index (χ0n) is 10.1. The van der Waals surface area contributed by atoms with Crippen LogP contribution < -0.4 is 5.32 Å². The minimum absolute atomic E-state index is 0.127. The molecule has 0 bridgehead atoms. The third-order valence-electron chi connectivity index (χ3n) is 2.73. The molecule has 1 amide bonds. The van der Waals surface area contributed by atoms with Crippen LogP contribution in [0.2, 0.25) is 0 Å². The van der Waals surface area contributed by atoms with E-state index in [1.807, 2.05) is 18.2 Å². The first kappa shape index (κ1) is 13.6. The molecule has 0 aliphatic carbocycles. The third kappa shape index (κ3) is 3.55. The van der Waals surface area contributed by atoms with Crippen LogP contribution >= 0.6 is 11.6 Å². The Bertz CT molecular complexity index is 559. The van der Waals surface area contributed by atoms with Crippen molar-refractivity contribution < 1.29 is 9.18 Å². The minimum Gasteiger partial charge on any atom is -0.350 e. The predicted octanol–water partition coefficient (Wildman–Crippen LogP) is 3.42. The Hall–Kier alpha value is -1.87. The molecule has 1 unspecified atom stereocenters. The van der Waals surface area contributed by atoms with Crippen LogP contribution in [0.15, 0.2) is 54.6 Å². The first-order valence-electron chi connectivity index (χ1n) is 5.88. The molecule has 0 aliphatic heterocycles. The highest BCUT2D eigenvalue weighted by Gasteiger charge is 2.17. The summed E-state index contributed by atoms with van der Waals surface area (Å²) in [5.74, 6) is -0.676. The lowest BCUT2D eigenvalue weighted by molar-refractivity contribution is -0.121. The first-order valence-corrected chi connectivity index (χ1v) is 6.32. The number of nitrogens with one attached hydrogen (secondary N) is 1. The second kappa shape index (κ2) is 6.34. The Morgan fingerprint density at radius 2 is 1.74 bits per heavy atom. The highest BCUT2D eigenvalue weighted by Crippen LogP contribution is 2.20. The van der Waals surface area contributed by atoms with Gasteiger partial charge in [-0.25, -0.2) is 4.39 Å². The van der Waals surface area contributed by atoms with E-state index < -0.39 is 5.38 Å². The van der Waals surface area contributed by atoms with Crippen LogP contribution in [-0.4, -0.2) is 5.91 Å². The van der Waals surface area contributed by atoms with Gasteiger partial charge < -0.3 is 5.32 Å². The zero-order chi connectivity index (χ0) is 13.7. The van der Waals surface area contributed by atoms with Gasteiger partial charge in [0.05, 0.1) is 0 Å². The van der Waals surface area contributed by atoms with Crippen molar-refractivity contribution in [3.8, 4) is 0 Å². The molecule has 1 N–H and O–H groups in total. The van der Waals surface area contributed by atoms with E-state index in [1.54, 1.807) is 30.3 Å². The quantitative estimate of drug-likeness (QED) is 0.853. The number of carbonyl (C=O) groups is 1. The summed E-state index contributed by atoms with van der Waals surface area (Å²) in [5.41, 5.74) is 1.16. The lowest BCUT2D eigenvalue weighted by Gasteiger charge is -2.11. The molecule has 0 aromatic heterocycles. The van der Waals surface area contributed by atoms with Gasteiger partial charge in [-0.05, 0) is 11.6 Å². The van der Waals surface area contributed by atoms with Crippen molar-refractivity contribution in [2.45, 2.75) is 11.9 Å². The van der Waals surface area contributed by atoms with Crippen LogP contribution in [0.3, 0.4) is 0 Å². The van der Waals surface area contributed by atoms with Crippen molar-refractivity contribution >= 4 is 17.5 Å². The summed E-state index contributed by atoms with van der Waals surface area (Å²) in [4.78, 5) is 11.9. The largest absolute Gasteiger partial charge is 0.350 e. The maximum Gasteiger partial charge on any atom is 0.242 e. The SMILES string of the molecule is O=C(NCc1ccccc1F)C(Cl)c1ccccc1. The topological polar surface area (TPSA) is 29.1 Å². The normalized spacial score (nSPS) is 11.9. The minimum atomic E-state index is -0.770.